The van der Waals surface area contributed by atoms with Gasteiger partial charge in [0, 0.05) is 37.6 Å². The first-order valence-corrected chi connectivity index (χ1v) is 10.7. The Morgan fingerprint density at radius 3 is 2.58 bits per heavy atom. The van der Waals surface area contributed by atoms with Crippen LogP contribution < -0.4 is 15.5 Å². The molecule has 7 heteroatoms. The van der Waals surface area contributed by atoms with E-state index in [1.54, 1.807) is 12.1 Å². The van der Waals surface area contributed by atoms with Crippen LogP contribution in [0.3, 0.4) is 0 Å². The lowest BCUT2D eigenvalue weighted by atomic mass is 9.86. The molecule has 1 aliphatic carbocycles. The van der Waals surface area contributed by atoms with Gasteiger partial charge in [0.1, 0.15) is 11.6 Å². The number of nitrogens with zero attached hydrogens (tertiary/aromatic N) is 3. The minimum absolute atomic E-state index is 0.129. The van der Waals surface area contributed by atoms with Gasteiger partial charge in [0.25, 0.3) is 5.91 Å². The number of hydrogen-bond acceptors (Lipinski definition) is 5. The molecule has 2 aromatic carbocycles. The number of aromatic nitrogens is 2. The van der Waals surface area contributed by atoms with E-state index in [0.717, 1.165) is 48.9 Å². The molecule has 0 spiro atoms. The predicted octanol–water partition coefficient (Wildman–Crippen LogP) is 4.24. The summed E-state index contributed by atoms with van der Waals surface area (Å²) in [5.74, 6) is 1.44. The fraction of sp³-hybridized carbons (Fsp3) is 0.375. The lowest BCUT2D eigenvalue weighted by molar-refractivity contribution is 0.0922. The summed E-state index contributed by atoms with van der Waals surface area (Å²) >= 11 is 0. The number of carbonyl (C=O) groups is 1. The van der Waals surface area contributed by atoms with Crippen LogP contribution >= 0.6 is 0 Å². The molecular weight excluding hydrogens is 393 g/mol. The van der Waals surface area contributed by atoms with Crippen molar-refractivity contribution in [2.24, 2.45) is 5.92 Å². The molecule has 0 saturated heterocycles. The summed E-state index contributed by atoms with van der Waals surface area (Å²) in [6, 6.07) is 14.0. The molecule has 1 aromatic heterocycles. The molecule has 1 saturated carbocycles. The van der Waals surface area contributed by atoms with Crippen LogP contribution in [0.25, 0.3) is 10.9 Å². The van der Waals surface area contributed by atoms with E-state index in [2.05, 4.69) is 15.6 Å². The van der Waals surface area contributed by atoms with E-state index < -0.39 is 5.82 Å². The van der Waals surface area contributed by atoms with Crippen molar-refractivity contribution in [2.45, 2.75) is 31.7 Å². The standard InChI is InChI=1S/C24H28FN5O/c1-30(2)22-20-8-3-4-9-21(20)28-24(29-22)26-15-16-10-12-19(13-11-16)27-23(31)17-6-5-7-18(25)14-17/h3-9,14,16,19H,10-13,15H2,1-2H3,(H,27,31)(H,26,28,29). The van der Waals surface area contributed by atoms with Crippen LogP contribution in [0, 0.1) is 11.7 Å². The lowest BCUT2D eigenvalue weighted by Crippen LogP contribution is -2.38. The molecule has 3 aromatic rings. The predicted molar refractivity (Wildman–Crippen MR) is 122 cm³/mol. The number of amides is 1. The molecule has 1 aliphatic rings. The Kier molecular flexibility index (Phi) is 6.30. The maximum absolute atomic E-state index is 13.3. The van der Waals surface area contributed by atoms with Gasteiger partial charge < -0.3 is 15.5 Å². The Morgan fingerprint density at radius 1 is 1.06 bits per heavy atom. The molecule has 1 amide bonds. The zero-order valence-corrected chi connectivity index (χ0v) is 17.9. The van der Waals surface area contributed by atoms with E-state index in [4.69, 9.17) is 4.98 Å². The minimum atomic E-state index is -0.393. The van der Waals surface area contributed by atoms with Crippen molar-refractivity contribution >= 4 is 28.6 Å². The summed E-state index contributed by atoms with van der Waals surface area (Å²) in [6.45, 7) is 0.801. The van der Waals surface area contributed by atoms with Gasteiger partial charge in [-0.1, -0.05) is 18.2 Å². The number of benzene rings is 2. The van der Waals surface area contributed by atoms with Gasteiger partial charge in [-0.15, -0.1) is 0 Å². The number of nitrogens with one attached hydrogen (secondary N) is 2. The van der Waals surface area contributed by atoms with Crippen LogP contribution in [0.4, 0.5) is 16.2 Å². The van der Waals surface area contributed by atoms with Crippen molar-refractivity contribution in [3.05, 3.63) is 59.9 Å². The first kappa shape index (κ1) is 21.0. The summed E-state index contributed by atoms with van der Waals surface area (Å²) in [5, 5.41) is 7.49. The first-order chi connectivity index (χ1) is 15.0. The van der Waals surface area contributed by atoms with Gasteiger partial charge in [0.05, 0.1) is 5.52 Å². The summed E-state index contributed by atoms with van der Waals surface area (Å²) < 4.78 is 13.3. The first-order valence-electron chi connectivity index (χ1n) is 10.7. The van der Waals surface area contributed by atoms with Crippen LogP contribution in [0.5, 0.6) is 0 Å². The molecule has 6 nitrogen and oxygen atoms in total. The Bertz CT molecular complexity index is 1060. The average molecular weight is 422 g/mol. The summed E-state index contributed by atoms with van der Waals surface area (Å²) in [4.78, 5) is 23.7. The number of halogens is 1. The normalized spacial score (nSPS) is 18.5. The Balaban J connectivity index is 1.31. The monoisotopic (exact) mass is 421 g/mol. The number of para-hydroxylation sites is 1. The maximum Gasteiger partial charge on any atom is 0.251 e. The van der Waals surface area contributed by atoms with Crippen molar-refractivity contribution in [3.63, 3.8) is 0 Å². The SMILES string of the molecule is CN(C)c1nc(NCC2CCC(NC(=O)c3cccc(F)c3)CC2)nc2ccccc12. The fourth-order valence-electron chi connectivity index (χ4n) is 4.12. The van der Waals surface area contributed by atoms with E-state index in [-0.39, 0.29) is 11.9 Å². The third-order valence-electron chi connectivity index (χ3n) is 5.82. The second-order valence-corrected chi connectivity index (χ2v) is 8.36. The van der Waals surface area contributed by atoms with Crippen molar-refractivity contribution in [3.8, 4) is 0 Å². The molecule has 1 heterocycles. The number of fused-ring (bicyclic) bond motifs is 1. The maximum atomic E-state index is 13.3. The van der Waals surface area contributed by atoms with Crippen molar-refractivity contribution < 1.29 is 9.18 Å². The van der Waals surface area contributed by atoms with E-state index >= 15 is 0 Å². The van der Waals surface area contributed by atoms with Gasteiger partial charge in [-0.3, -0.25) is 4.79 Å². The van der Waals surface area contributed by atoms with Crippen LogP contribution in [-0.4, -0.2) is 42.6 Å². The molecule has 0 bridgehead atoms. The highest BCUT2D eigenvalue weighted by Crippen LogP contribution is 2.27. The molecule has 2 N–H and O–H groups in total. The van der Waals surface area contributed by atoms with Crippen LogP contribution in [0.15, 0.2) is 48.5 Å². The van der Waals surface area contributed by atoms with Crippen LogP contribution in [0.2, 0.25) is 0 Å². The molecular formula is C24H28FN5O. The number of hydrogen-bond donors (Lipinski definition) is 2. The van der Waals surface area contributed by atoms with Crippen molar-refractivity contribution in [1.29, 1.82) is 0 Å². The van der Waals surface area contributed by atoms with Gasteiger partial charge in [-0.05, 0) is 61.9 Å². The molecule has 0 aliphatic heterocycles. The quantitative estimate of drug-likeness (QED) is 0.623. The van der Waals surface area contributed by atoms with Gasteiger partial charge in [0.15, 0.2) is 0 Å². The largest absolute Gasteiger partial charge is 0.362 e. The van der Waals surface area contributed by atoms with Crippen LogP contribution in [-0.2, 0) is 0 Å². The molecule has 0 radical (unpaired) electrons. The Labute approximate surface area is 181 Å². The third kappa shape index (κ3) is 5.10. The highest BCUT2D eigenvalue weighted by atomic mass is 19.1. The fourth-order valence-corrected chi connectivity index (χ4v) is 4.12. The van der Waals surface area contributed by atoms with Gasteiger partial charge in [0.2, 0.25) is 5.95 Å². The number of rotatable bonds is 6. The second-order valence-electron chi connectivity index (χ2n) is 8.36. The number of carbonyl (C=O) groups excluding carboxylic acids is 1. The molecule has 0 atom stereocenters. The van der Waals surface area contributed by atoms with Gasteiger partial charge in [-0.25, -0.2) is 9.37 Å². The van der Waals surface area contributed by atoms with E-state index in [9.17, 15) is 9.18 Å². The van der Waals surface area contributed by atoms with E-state index in [0.29, 0.717) is 17.4 Å². The molecule has 0 unspecified atom stereocenters. The zero-order chi connectivity index (χ0) is 21.8. The molecule has 162 valence electrons. The summed E-state index contributed by atoms with van der Waals surface area (Å²) in [5.41, 5.74) is 1.29. The highest BCUT2D eigenvalue weighted by Gasteiger charge is 2.23. The summed E-state index contributed by atoms with van der Waals surface area (Å²) in [6.07, 6.45) is 3.84. The number of anilines is 2. The summed E-state index contributed by atoms with van der Waals surface area (Å²) in [7, 11) is 3.97. The molecule has 1 fully saturated rings. The highest BCUT2D eigenvalue weighted by molar-refractivity contribution is 5.94. The topological polar surface area (TPSA) is 70.2 Å². The third-order valence-corrected chi connectivity index (χ3v) is 5.82. The smallest absolute Gasteiger partial charge is 0.251 e. The van der Waals surface area contributed by atoms with Crippen LogP contribution in [0.1, 0.15) is 36.0 Å². The average Bonchev–Trinajstić information content (AvgIpc) is 2.78. The van der Waals surface area contributed by atoms with Crippen molar-refractivity contribution in [1.82, 2.24) is 15.3 Å². The Hall–Kier alpha value is -3.22. The minimum Gasteiger partial charge on any atom is -0.362 e. The second kappa shape index (κ2) is 9.29. The van der Waals surface area contributed by atoms with E-state index in [1.165, 1.54) is 12.1 Å². The Morgan fingerprint density at radius 2 is 1.84 bits per heavy atom. The van der Waals surface area contributed by atoms with Crippen molar-refractivity contribution in [2.75, 3.05) is 30.9 Å². The molecule has 4 rings (SSSR count). The van der Waals surface area contributed by atoms with Gasteiger partial charge >= 0.3 is 0 Å². The molecule has 31 heavy (non-hydrogen) atoms. The lowest BCUT2D eigenvalue weighted by Gasteiger charge is -2.29. The van der Waals surface area contributed by atoms with E-state index in [1.807, 2.05) is 43.3 Å². The zero-order valence-electron chi connectivity index (χ0n) is 17.9. The van der Waals surface area contributed by atoms with Gasteiger partial charge in [-0.2, -0.15) is 4.98 Å².